The predicted octanol–water partition coefficient (Wildman–Crippen LogP) is 1.38. The average Bonchev–Trinajstić information content (AvgIpc) is 2.28. The summed E-state index contributed by atoms with van der Waals surface area (Å²) >= 11 is 0. The second-order valence-electron chi connectivity index (χ2n) is 3.57. The molecule has 1 atom stereocenters. The molecule has 0 aromatic heterocycles. The molecular formula is C12H15NO3. The summed E-state index contributed by atoms with van der Waals surface area (Å²) in [7, 11) is 0. The monoisotopic (exact) mass is 221 g/mol. The van der Waals surface area contributed by atoms with Gasteiger partial charge in [0.15, 0.2) is 0 Å². The molecule has 0 unspecified atom stereocenters. The van der Waals surface area contributed by atoms with Crippen LogP contribution in [0, 0.1) is 0 Å². The van der Waals surface area contributed by atoms with Crippen LogP contribution in [-0.2, 0) is 9.59 Å². The molecule has 4 nitrogen and oxygen atoms in total. The van der Waals surface area contributed by atoms with E-state index in [2.05, 4.69) is 5.32 Å². The van der Waals surface area contributed by atoms with Crippen LogP contribution in [0.15, 0.2) is 30.3 Å². The molecule has 0 aliphatic carbocycles. The third kappa shape index (κ3) is 3.73. The SMILES string of the molecule is C[C@H](C(=O)NCCC(=O)O)c1ccccc1. The Morgan fingerprint density at radius 1 is 1.31 bits per heavy atom. The first-order valence-electron chi connectivity index (χ1n) is 5.15. The number of carbonyl (C=O) groups is 2. The molecule has 1 aromatic carbocycles. The van der Waals surface area contributed by atoms with Crippen molar-refractivity contribution in [1.29, 1.82) is 0 Å². The van der Waals surface area contributed by atoms with E-state index in [4.69, 9.17) is 5.11 Å². The smallest absolute Gasteiger partial charge is 0.305 e. The molecule has 86 valence electrons. The molecule has 0 spiro atoms. The van der Waals surface area contributed by atoms with Gasteiger partial charge in [0.25, 0.3) is 0 Å². The number of hydrogen-bond acceptors (Lipinski definition) is 2. The Morgan fingerprint density at radius 2 is 1.94 bits per heavy atom. The second-order valence-corrected chi connectivity index (χ2v) is 3.57. The van der Waals surface area contributed by atoms with E-state index < -0.39 is 5.97 Å². The third-order valence-corrected chi connectivity index (χ3v) is 2.33. The predicted molar refractivity (Wildman–Crippen MR) is 60.1 cm³/mol. The minimum Gasteiger partial charge on any atom is -0.481 e. The fourth-order valence-electron chi connectivity index (χ4n) is 1.34. The highest BCUT2D eigenvalue weighted by Gasteiger charge is 2.14. The number of carbonyl (C=O) groups excluding carboxylic acids is 1. The number of carboxylic acids is 1. The summed E-state index contributed by atoms with van der Waals surface area (Å²) in [4.78, 5) is 21.9. The molecule has 0 saturated carbocycles. The minimum absolute atomic E-state index is 0.0484. The average molecular weight is 221 g/mol. The van der Waals surface area contributed by atoms with Gasteiger partial charge in [-0.2, -0.15) is 0 Å². The van der Waals surface area contributed by atoms with Crippen molar-refractivity contribution in [2.45, 2.75) is 19.3 Å². The number of carboxylic acid groups (broad SMARTS) is 1. The fraction of sp³-hybridized carbons (Fsp3) is 0.333. The minimum atomic E-state index is -0.910. The van der Waals surface area contributed by atoms with Crippen LogP contribution >= 0.6 is 0 Å². The highest BCUT2D eigenvalue weighted by atomic mass is 16.4. The highest BCUT2D eigenvalue weighted by molar-refractivity contribution is 5.83. The lowest BCUT2D eigenvalue weighted by Crippen LogP contribution is -2.29. The molecule has 2 N–H and O–H groups in total. The third-order valence-electron chi connectivity index (χ3n) is 2.33. The van der Waals surface area contributed by atoms with Crippen molar-refractivity contribution >= 4 is 11.9 Å². The maximum absolute atomic E-state index is 11.6. The Bertz CT molecular complexity index is 362. The lowest BCUT2D eigenvalue weighted by atomic mass is 10.0. The largest absolute Gasteiger partial charge is 0.481 e. The molecule has 1 aromatic rings. The summed E-state index contributed by atoms with van der Waals surface area (Å²) < 4.78 is 0. The van der Waals surface area contributed by atoms with Crippen LogP contribution in [-0.4, -0.2) is 23.5 Å². The van der Waals surface area contributed by atoms with Crippen molar-refractivity contribution in [1.82, 2.24) is 5.32 Å². The summed E-state index contributed by atoms with van der Waals surface area (Å²) in [5, 5.41) is 11.0. The van der Waals surface area contributed by atoms with Gasteiger partial charge in [0, 0.05) is 6.54 Å². The molecule has 0 bridgehead atoms. The molecule has 1 amide bonds. The summed E-state index contributed by atoms with van der Waals surface area (Å²) in [5.41, 5.74) is 0.926. The Hall–Kier alpha value is -1.84. The van der Waals surface area contributed by atoms with E-state index >= 15 is 0 Å². The zero-order chi connectivity index (χ0) is 12.0. The Kier molecular flexibility index (Phi) is 4.51. The number of amides is 1. The van der Waals surface area contributed by atoms with Crippen LogP contribution in [0.1, 0.15) is 24.8 Å². The van der Waals surface area contributed by atoms with Gasteiger partial charge in [-0.15, -0.1) is 0 Å². The van der Waals surface area contributed by atoms with Gasteiger partial charge in [-0.1, -0.05) is 30.3 Å². The van der Waals surface area contributed by atoms with Crippen molar-refractivity contribution in [3.63, 3.8) is 0 Å². The van der Waals surface area contributed by atoms with E-state index in [-0.39, 0.29) is 24.8 Å². The zero-order valence-electron chi connectivity index (χ0n) is 9.14. The number of benzene rings is 1. The lowest BCUT2D eigenvalue weighted by molar-refractivity contribution is -0.136. The molecule has 16 heavy (non-hydrogen) atoms. The van der Waals surface area contributed by atoms with Gasteiger partial charge in [-0.05, 0) is 12.5 Å². The maximum Gasteiger partial charge on any atom is 0.305 e. The van der Waals surface area contributed by atoms with Crippen molar-refractivity contribution < 1.29 is 14.7 Å². The van der Waals surface area contributed by atoms with Gasteiger partial charge >= 0.3 is 5.97 Å². The van der Waals surface area contributed by atoms with Crippen LogP contribution in [0.2, 0.25) is 0 Å². The van der Waals surface area contributed by atoms with Gasteiger partial charge in [0.1, 0.15) is 0 Å². The Labute approximate surface area is 94.3 Å². The van der Waals surface area contributed by atoms with Gasteiger partial charge in [0.05, 0.1) is 12.3 Å². The standard InChI is InChI=1S/C12H15NO3/c1-9(10-5-3-2-4-6-10)12(16)13-8-7-11(14)15/h2-6,9H,7-8H2,1H3,(H,13,16)(H,14,15)/t9-/m0/s1. The molecule has 0 fully saturated rings. The number of nitrogens with one attached hydrogen (secondary N) is 1. The molecule has 0 aliphatic rings. The molecule has 0 aliphatic heterocycles. The molecule has 4 heteroatoms. The summed E-state index contributed by atoms with van der Waals surface area (Å²) in [5.74, 6) is -1.31. The van der Waals surface area contributed by atoms with Crippen LogP contribution in [0.5, 0.6) is 0 Å². The van der Waals surface area contributed by atoms with E-state index in [1.165, 1.54) is 0 Å². The van der Waals surface area contributed by atoms with Crippen molar-refractivity contribution in [3.8, 4) is 0 Å². The van der Waals surface area contributed by atoms with E-state index in [0.717, 1.165) is 5.56 Å². The van der Waals surface area contributed by atoms with E-state index in [1.54, 1.807) is 6.92 Å². The van der Waals surface area contributed by atoms with E-state index in [9.17, 15) is 9.59 Å². The first-order valence-corrected chi connectivity index (χ1v) is 5.15. The first-order chi connectivity index (χ1) is 7.61. The molecule has 1 rings (SSSR count). The van der Waals surface area contributed by atoms with Crippen molar-refractivity contribution in [2.24, 2.45) is 0 Å². The summed E-state index contributed by atoms with van der Waals surface area (Å²) in [6.07, 6.45) is -0.0484. The lowest BCUT2D eigenvalue weighted by Gasteiger charge is -2.11. The molecule has 0 radical (unpaired) electrons. The van der Waals surface area contributed by atoms with Gasteiger partial charge in [-0.25, -0.2) is 0 Å². The van der Waals surface area contributed by atoms with Crippen molar-refractivity contribution in [3.05, 3.63) is 35.9 Å². The number of aliphatic carboxylic acids is 1. The maximum atomic E-state index is 11.6. The van der Waals surface area contributed by atoms with Crippen LogP contribution in [0.4, 0.5) is 0 Å². The Morgan fingerprint density at radius 3 is 2.50 bits per heavy atom. The zero-order valence-corrected chi connectivity index (χ0v) is 9.14. The first kappa shape index (κ1) is 12.2. The molecule has 0 heterocycles. The topological polar surface area (TPSA) is 66.4 Å². The van der Waals surface area contributed by atoms with Gasteiger partial charge in [-0.3, -0.25) is 9.59 Å². The fourth-order valence-corrected chi connectivity index (χ4v) is 1.34. The van der Waals surface area contributed by atoms with E-state index in [1.807, 2.05) is 30.3 Å². The van der Waals surface area contributed by atoms with Crippen LogP contribution in [0.3, 0.4) is 0 Å². The van der Waals surface area contributed by atoms with E-state index in [0.29, 0.717) is 0 Å². The number of hydrogen-bond donors (Lipinski definition) is 2. The second kappa shape index (κ2) is 5.90. The van der Waals surface area contributed by atoms with Crippen LogP contribution < -0.4 is 5.32 Å². The van der Waals surface area contributed by atoms with Gasteiger partial charge < -0.3 is 10.4 Å². The normalized spacial score (nSPS) is 11.8. The van der Waals surface area contributed by atoms with Gasteiger partial charge in [0.2, 0.25) is 5.91 Å². The quantitative estimate of drug-likeness (QED) is 0.789. The Balaban J connectivity index is 2.45. The van der Waals surface area contributed by atoms with Crippen molar-refractivity contribution in [2.75, 3.05) is 6.54 Å². The summed E-state index contributed by atoms with van der Waals surface area (Å²) in [6, 6.07) is 9.38. The van der Waals surface area contributed by atoms with Crippen LogP contribution in [0.25, 0.3) is 0 Å². The summed E-state index contributed by atoms with van der Waals surface area (Å²) in [6.45, 7) is 1.97. The molecular weight excluding hydrogens is 206 g/mol. The highest BCUT2D eigenvalue weighted by Crippen LogP contribution is 2.13. The molecule has 0 saturated heterocycles. The number of rotatable bonds is 5.